The van der Waals surface area contributed by atoms with Crippen LogP contribution in [0, 0.1) is 5.41 Å². The third-order valence-electron chi connectivity index (χ3n) is 2.77. The number of alkyl halides is 4. The molecule has 1 aromatic carbocycles. The lowest BCUT2D eigenvalue weighted by Gasteiger charge is -2.26. The van der Waals surface area contributed by atoms with Gasteiger partial charge in [0.1, 0.15) is 0 Å². The minimum atomic E-state index is -4.26. The lowest BCUT2D eigenvalue weighted by molar-refractivity contribution is -0.137. The molecule has 18 heavy (non-hydrogen) atoms. The first-order valence-electron chi connectivity index (χ1n) is 5.90. The van der Waals surface area contributed by atoms with Crippen LogP contribution in [0.2, 0.25) is 0 Å². The van der Waals surface area contributed by atoms with Crippen molar-refractivity contribution in [2.75, 3.05) is 0 Å². The average Bonchev–Trinajstić information content (AvgIpc) is 2.13. The molecule has 1 aromatic rings. The van der Waals surface area contributed by atoms with Crippen LogP contribution in [-0.4, -0.2) is 4.83 Å². The molecule has 0 nitrogen and oxygen atoms in total. The minimum Gasteiger partial charge on any atom is -0.166 e. The summed E-state index contributed by atoms with van der Waals surface area (Å²) in [7, 11) is 0. The van der Waals surface area contributed by atoms with E-state index in [9.17, 15) is 13.2 Å². The van der Waals surface area contributed by atoms with Crippen molar-refractivity contribution in [1.82, 2.24) is 0 Å². The Hall–Kier alpha value is -0.510. The molecule has 1 unspecified atom stereocenters. The van der Waals surface area contributed by atoms with Crippen molar-refractivity contribution in [3.8, 4) is 0 Å². The van der Waals surface area contributed by atoms with Crippen molar-refractivity contribution in [1.29, 1.82) is 0 Å². The molecule has 0 spiro atoms. The van der Waals surface area contributed by atoms with E-state index in [0.717, 1.165) is 18.1 Å². The molecule has 4 heteroatoms. The largest absolute Gasteiger partial charge is 0.416 e. The highest BCUT2D eigenvalue weighted by molar-refractivity contribution is 9.09. The van der Waals surface area contributed by atoms with Gasteiger partial charge in [0.2, 0.25) is 0 Å². The molecule has 0 aliphatic rings. The van der Waals surface area contributed by atoms with Gasteiger partial charge in [-0.25, -0.2) is 0 Å². The third kappa shape index (κ3) is 5.01. The number of benzene rings is 1. The maximum Gasteiger partial charge on any atom is 0.416 e. The van der Waals surface area contributed by atoms with Crippen LogP contribution in [-0.2, 0) is 12.6 Å². The van der Waals surface area contributed by atoms with Gasteiger partial charge >= 0.3 is 6.18 Å². The quantitative estimate of drug-likeness (QED) is 0.647. The van der Waals surface area contributed by atoms with E-state index in [2.05, 4.69) is 29.8 Å². The first-order valence-corrected chi connectivity index (χ1v) is 6.82. The number of rotatable bonds is 4. The molecule has 0 saturated carbocycles. The summed E-state index contributed by atoms with van der Waals surface area (Å²) < 4.78 is 37.8. The summed E-state index contributed by atoms with van der Waals surface area (Å²) in [5.41, 5.74) is 0.151. The Balaban J connectivity index is 2.85. The number of hydrogen-bond acceptors (Lipinski definition) is 0. The third-order valence-corrected chi connectivity index (χ3v) is 3.09. The summed E-state index contributed by atoms with van der Waals surface area (Å²) in [4.78, 5) is 0.360. The minimum absolute atomic E-state index is 0.0207. The fourth-order valence-corrected chi connectivity index (χ4v) is 3.12. The van der Waals surface area contributed by atoms with Crippen molar-refractivity contribution in [3.05, 3.63) is 35.4 Å². The van der Waals surface area contributed by atoms with Gasteiger partial charge in [0.05, 0.1) is 5.56 Å². The molecule has 0 radical (unpaired) electrons. The summed E-state index contributed by atoms with van der Waals surface area (Å²) in [6, 6.07) is 5.60. The van der Waals surface area contributed by atoms with E-state index < -0.39 is 11.7 Å². The Labute approximate surface area is 115 Å². The van der Waals surface area contributed by atoms with E-state index in [1.54, 1.807) is 6.07 Å². The first-order chi connectivity index (χ1) is 8.10. The van der Waals surface area contributed by atoms with Gasteiger partial charge in [0, 0.05) is 4.83 Å². The highest BCUT2D eigenvalue weighted by atomic mass is 79.9. The molecule has 0 amide bonds. The van der Waals surface area contributed by atoms with Crippen LogP contribution in [0.1, 0.15) is 38.3 Å². The summed E-state index contributed by atoms with van der Waals surface area (Å²) in [5.74, 6) is 0. The number of hydrogen-bond donors (Lipinski definition) is 0. The molecule has 0 fully saturated rings. The van der Waals surface area contributed by atoms with Crippen molar-refractivity contribution in [2.24, 2.45) is 5.41 Å². The zero-order valence-corrected chi connectivity index (χ0v) is 12.4. The fraction of sp³-hybridized carbons (Fsp3) is 0.571. The fourth-order valence-electron chi connectivity index (χ4n) is 2.24. The molecule has 102 valence electrons. The lowest BCUT2D eigenvalue weighted by atomic mass is 9.81. The van der Waals surface area contributed by atoms with Crippen molar-refractivity contribution in [2.45, 2.75) is 44.6 Å². The van der Waals surface area contributed by atoms with Gasteiger partial charge in [-0.05, 0) is 29.9 Å². The Morgan fingerprint density at radius 3 is 2.33 bits per heavy atom. The van der Waals surface area contributed by atoms with Crippen LogP contribution in [0.4, 0.5) is 13.2 Å². The van der Waals surface area contributed by atoms with Gasteiger partial charge in [-0.2, -0.15) is 13.2 Å². The SMILES string of the molecule is CC(Br)CC(C)(C)Cc1cccc(C(F)(F)F)c1. The average molecular weight is 323 g/mol. The van der Waals surface area contributed by atoms with Crippen molar-refractivity contribution < 1.29 is 13.2 Å². The van der Waals surface area contributed by atoms with Crippen LogP contribution in [0.3, 0.4) is 0 Å². The second-order valence-corrected chi connectivity index (χ2v) is 7.09. The van der Waals surface area contributed by atoms with E-state index in [-0.39, 0.29) is 5.41 Å². The van der Waals surface area contributed by atoms with E-state index in [1.165, 1.54) is 12.1 Å². The summed E-state index contributed by atoms with van der Waals surface area (Å²) in [5, 5.41) is 0. The van der Waals surface area contributed by atoms with Crippen LogP contribution >= 0.6 is 15.9 Å². The molecule has 1 rings (SSSR count). The van der Waals surface area contributed by atoms with Crippen molar-refractivity contribution >= 4 is 15.9 Å². The maximum absolute atomic E-state index is 12.6. The normalized spacial score (nSPS) is 14.6. The van der Waals surface area contributed by atoms with Crippen LogP contribution in [0.25, 0.3) is 0 Å². The van der Waals surface area contributed by atoms with E-state index in [1.807, 2.05) is 6.92 Å². The molecule has 0 bridgehead atoms. The standard InChI is InChI=1S/C14H18BrF3/c1-10(15)8-13(2,3)9-11-5-4-6-12(7-11)14(16,17)18/h4-7,10H,8-9H2,1-3H3. The van der Waals surface area contributed by atoms with Crippen LogP contribution < -0.4 is 0 Å². The number of halogens is 4. The second kappa shape index (κ2) is 5.64. The van der Waals surface area contributed by atoms with Gasteiger partial charge in [0.15, 0.2) is 0 Å². The first kappa shape index (κ1) is 15.5. The van der Waals surface area contributed by atoms with E-state index in [0.29, 0.717) is 11.2 Å². The molecule has 0 aliphatic carbocycles. The van der Waals surface area contributed by atoms with Crippen molar-refractivity contribution in [3.63, 3.8) is 0 Å². The zero-order chi connectivity index (χ0) is 14.0. The van der Waals surface area contributed by atoms with Gasteiger partial charge in [0.25, 0.3) is 0 Å². The molecular weight excluding hydrogens is 305 g/mol. The molecule has 0 heterocycles. The maximum atomic E-state index is 12.6. The predicted octanol–water partition coefficient (Wildman–Crippen LogP) is 5.45. The van der Waals surface area contributed by atoms with Gasteiger partial charge < -0.3 is 0 Å². The molecule has 0 N–H and O–H groups in total. The smallest absolute Gasteiger partial charge is 0.166 e. The molecule has 0 aromatic heterocycles. The van der Waals surface area contributed by atoms with E-state index >= 15 is 0 Å². The monoisotopic (exact) mass is 322 g/mol. The lowest BCUT2D eigenvalue weighted by Crippen LogP contribution is -2.19. The summed E-state index contributed by atoms with van der Waals surface area (Å²) in [6.07, 6.45) is -2.70. The second-order valence-electron chi connectivity index (χ2n) is 5.52. The van der Waals surface area contributed by atoms with Crippen LogP contribution in [0.5, 0.6) is 0 Å². The zero-order valence-electron chi connectivity index (χ0n) is 10.8. The van der Waals surface area contributed by atoms with Gasteiger partial charge in [-0.3, -0.25) is 0 Å². The molecule has 0 aliphatic heterocycles. The highest BCUT2D eigenvalue weighted by Gasteiger charge is 2.31. The molecular formula is C14H18BrF3. The summed E-state index contributed by atoms with van der Waals surface area (Å²) in [6.45, 7) is 6.20. The molecule has 0 saturated heterocycles. The summed E-state index contributed by atoms with van der Waals surface area (Å²) >= 11 is 3.49. The topological polar surface area (TPSA) is 0 Å². The van der Waals surface area contributed by atoms with Gasteiger partial charge in [-0.1, -0.05) is 54.9 Å². The molecule has 1 atom stereocenters. The predicted molar refractivity (Wildman–Crippen MR) is 71.9 cm³/mol. The highest BCUT2D eigenvalue weighted by Crippen LogP contribution is 2.33. The Bertz CT molecular complexity index is 394. The Morgan fingerprint density at radius 2 is 1.83 bits per heavy atom. The van der Waals surface area contributed by atoms with E-state index in [4.69, 9.17) is 0 Å². The van der Waals surface area contributed by atoms with Crippen LogP contribution in [0.15, 0.2) is 24.3 Å². The Kier molecular flexibility index (Phi) is 4.87. The van der Waals surface area contributed by atoms with Gasteiger partial charge in [-0.15, -0.1) is 0 Å². The Morgan fingerprint density at radius 1 is 1.22 bits per heavy atom.